The Labute approximate surface area is 257 Å². The quantitative estimate of drug-likeness (QED) is 0.223. The molecule has 0 bridgehead atoms. The molecule has 0 saturated carbocycles. The third kappa shape index (κ3) is 14.8. The van der Waals surface area contributed by atoms with Crippen LogP contribution in [0.5, 0.6) is 0 Å². The molecule has 0 radical (unpaired) electrons. The molecule has 3 aromatic rings. The predicted octanol–water partition coefficient (Wildman–Crippen LogP) is -4.89. The molecule has 0 spiro atoms. The van der Waals surface area contributed by atoms with Gasteiger partial charge in [0.1, 0.15) is 0 Å². The van der Waals surface area contributed by atoms with Crippen LogP contribution >= 0.6 is 0 Å². The van der Waals surface area contributed by atoms with E-state index in [1.807, 2.05) is 0 Å². The topological polar surface area (TPSA) is 269 Å². The number of hydrogen-bond donors (Lipinski definition) is 0. The van der Waals surface area contributed by atoms with E-state index in [0.29, 0.717) is 0 Å². The van der Waals surface area contributed by atoms with Crippen molar-refractivity contribution in [3.05, 3.63) is 106 Å². The fourth-order valence-corrected chi connectivity index (χ4v) is 2.23. The Bertz CT molecular complexity index is 1020. The SMILES string of the molecule is O=C([O-])c1ccc(C(=O)[O-])cc1.O=C([O-])c1ccc(C(=O)[O-])cc1.O=C([O-])c1ccc(C(=O)[O-])cc1.[Fe].[Fe].[Fe].[O-2]. The van der Waals surface area contributed by atoms with Gasteiger partial charge in [0, 0.05) is 51.2 Å². The molecule has 218 valence electrons. The van der Waals surface area contributed by atoms with Crippen molar-refractivity contribution in [2.45, 2.75) is 0 Å². The van der Waals surface area contributed by atoms with Gasteiger partial charge < -0.3 is 64.9 Å². The van der Waals surface area contributed by atoms with Gasteiger partial charge in [-0.3, -0.25) is 0 Å². The summed E-state index contributed by atoms with van der Waals surface area (Å²) in [4.78, 5) is 61.2. The van der Waals surface area contributed by atoms with Gasteiger partial charge in [-0.05, 0) is 33.4 Å². The van der Waals surface area contributed by atoms with Crippen LogP contribution in [0.15, 0.2) is 72.8 Å². The van der Waals surface area contributed by atoms with Gasteiger partial charge in [0.15, 0.2) is 0 Å². The van der Waals surface area contributed by atoms with E-state index < -0.39 is 35.8 Å². The van der Waals surface area contributed by atoms with Crippen molar-refractivity contribution in [1.29, 1.82) is 0 Å². The number of carboxylic acid groups (broad SMARTS) is 6. The Kier molecular flexibility index (Phi) is 22.5. The largest absolute Gasteiger partial charge is 2.00 e. The van der Waals surface area contributed by atoms with Crippen LogP contribution in [0.2, 0.25) is 0 Å². The van der Waals surface area contributed by atoms with E-state index in [4.69, 9.17) is 0 Å². The van der Waals surface area contributed by atoms with Gasteiger partial charge in [-0.25, -0.2) is 0 Å². The van der Waals surface area contributed by atoms with Crippen LogP contribution in [-0.2, 0) is 56.7 Å². The molecule has 0 aliphatic heterocycles. The monoisotopic (exact) mass is 676 g/mol. The number of rotatable bonds is 6. The second-order valence-electron chi connectivity index (χ2n) is 6.46. The average molecular weight is 676 g/mol. The summed E-state index contributed by atoms with van der Waals surface area (Å²) in [6, 6.07) is 13.8. The van der Waals surface area contributed by atoms with Gasteiger partial charge in [-0.1, -0.05) is 72.8 Å². The number of carbonyl (C=O) groups excluding carboxylic acids is 6. The first kappa shape index (κ1) is 43.1. The molecule has 0 saturated heterocycles. The first-order valence-electron chi connectivity index (χ1n) is 9.41. The van der Waals surface area contributed by atoms with E-state index >= 15 is 0 Å². The van der Waals surface area contributed by atoms with Crippen molar-refractivity contribution in [2.24, 2.45) is 0 Å². The zero-order chi connectivity index (χ0) is 27.4. The Morgan fingerprint density at radius 3 is 0.425 bits per heavy atom. The molecule has 0 N–H and O–H groups in total. The summed E-state index contributed by atoms with van der Waals surface area (Å²) in [6.45, 7) is 0. The second-order valence-corrected chi connectivity index (χ2v) is 6.46. The van der Waals surface area contributed by atoms with Crippen LogP contribution in [-0.4, -0.2) is 35.8 Å². The Morgan fingerprint density at radius 2 is 0.375 bits per heavy atom. The van der Waals surface area contributed by atoms with Gasteiger partial charge in [0.2, 0.25) is 0 Å². The van der Waals surface area contributed by atoms with E-state index in [1.54, 1.807) is 0 Å². The molecule has 0 aliphatic carbocycles. The maximum Gasteiger partial charge on any atom is 0.0715 e. The van der Waals surface area contributed by atoms with Gasteiger partial charge >= 0.3 is 0 Å². The van der Waals surface area contributed by atoms with Crippen LogP contribution in [0, 0.1) is 0 Å². The van der Waals surface area contributed by atoms with Crippen LogP contribution in [0.1, 0.15) is 62.1 Å². The van der Waals surface area contributed by atoms with Crippen molar-refractivity contribution in [1.82, 2.24) is 0 Å². The smallest absolute Gasteiger partial charge is 0.0715 e. The van der Waals surface area contributed by atoms with Crippen molar-refractivity contribution in [3.63, 3.8) is 0 Å². The Balaban J connectivity index is -0.000000231. The molecular formula is C24H12Fe3O13-8. The minimum Gasteiger partial charge on any atom is -2.00 e. The number of carboxylic acids is 6. The molecule has 3 aromatic carbocycles. The van der Waals surface area contributed by atoms with Crippen LogP contribution < -0.4 is 30.6 Å². The van der Waals surface area contributed by atoms with Gasteiger partial charge in [-0.2, -0.15) is 0 Å². The molecule has 0 aliphatic rings. The summed E-state index contributed by atoms with van der Waals surface area (Å²) < 4.78 is 0. The fraction of sp³-hybridized carbons (Fsp3) is 0. The minimum absolute atomic E-state index is 0. The van der Waals surface area contributed by atoms with E-state index in [9.17, 15) is 59.4 Å². The first-order valence-corrected chi connectivity index (χ1v) is 9.41. The molecule has 0 unspecified atom stereocenters. The molecule has 3 rings (SSSR count). The van der Waals surface area contributed by atoms with Crippen LogP contribution in [0.4, 0.5) is 0 Å². The maximum absolute atomic E-state index is 10.2. The van der Waals surface area contributed by atoms with Crippen molar-refractivity contribution < 1.29 is 116 Å². The molecule has 0 amide bonds. The van der Waals surface area contributed by atoms with E-state index in [-0.39, 0.29) is 90.1 Å². The molecular weight excluding hydrogens is 664 g/mol. The van der Waals surface area contributed by atoms with Crippen molar-refractivity contribution in [3.8, 4) is 0 Å². The third-order valence-corrected chi connectivity index (χ3v) is 4.07. The predicted molar refractivity (Wildman–Crippen MR) is 106 cm³/mol. The van der Waals surface area contributed by atoms with Gasteiger partial charge in [0.05, 0.1) is 35.8 Å². The summed E-state index contributed by atoms with van der Waals surface area (Å²) in [5, 5.41) is 61.2. The van der Waals surface area contributed by atoms with E-state index in [1.165, 1.54) is 0 Å². The number of hydrogen-bond acceptors (Lipinski definition) is 12. The Hall–Kier alpha value is -4.00. The average Bonchev–Trinajstić information content (AvgIpc) is 2.84. The summed E-state index contributed by atoms with van der Waals surface area (Å²) in [5.41, 5.74) is -0.333. The zero-order valence-electron chi connectivity index (χ0n) is 19.3. The minimum atomic E-state index is -1.33. The number of aromatic carboxylic acids is 6. The molecule has 40 heavy (non-hydrogen) atoms. The molecule has 0 atom stereocenters. The third-order valence-electron chi connectivity index (χ3n) is 4.07. The second kappa shape index (κ2) is 20.9. The van der Waals surface area contributed by atoms with E-state index in [0.717, 1.165) is 72.8 Å². The number of benzene rings is 3. The van der Waals surface area contributed by atoms with Crippen LogP contribution in [0.25, 0.3) is 0 Å². The molecule has 0 heterocycles. The van der Waals surface area contributed by atoms with Crippen molar-refractivity contribution in [2.75, 3.05) is 0 Å². The summed E-state index contributed by atoms with van der Waals surface area (Å²) in [7, 11) is 0. The van der Waals surface area contributed by atoms with Gasteiger partial charge in [-0.15, -0.1) is 0 Å². The fourth-order valence-electron chi connectivity index (χ4n) is 2.23. The Morgan fingerprint density at radius 1 is 0.300 bits per heavy atom. The summed E-state index contributed by atoms with van der Waals surface area (Å²) >= 11 is 0. The molecule has 0 fully saturated rings. The zero-order valence-corrected chi connectivity index (χ0v) is 22.6. The maximum atomic E-state index is 10.2. The first-order chi connectivity index (χ1) is 16.8. The normalized spacial score (nSPS) is 8.40. The van der Waals surface area contributed by atoms with Crippen molar-refractivity contribution >= 4 is 35.8 Å². The summed E-state index contributed by atoms with van der Waals surface area (Å²) in [6.07, 6.45) is 0. The summed E-state index contributed by atoms with van der Waals surface area (Å²) in [5.74, 6) is -8.00. The number of carbonyl (C=O) groups is 6. The molecule has 0 aromatic heterocycles. The van der Waals surface area contributed by atoms with Gasteiger partial charge in [0.25, 0.3) is 0 Å². The molecule has 13 nitrogen and oxygen atoms in total. The van der Waals surface area contributed by atoms with Crippen LogP contribution in [0.3, 0.4) is 0 Å². The van der Waals surface area contributed by atoms with E-state index in [2.05, 4.69) is 0 Å². The molecule has 16 heteroatoms. The standard InChI is InChI=1S/3C8H6O4.3Fe.O/c3*9-7(10)5-1-2-6(4-3-5)8(11)12;;;;/h3*1-4H,(H,9,10)(H,11,12);;;;/q;;;;;;-2/p-6.